The van der Waals surface area contributed by atoms with E-state index in [0.717, 1.165) is 5.56 Å². The van der Waals surface area contributed by atoms with Gasteiger partial charge in [-0.25, -0.2) is 0 Å². The number of benzene rings is 1. The van der Waals surface area contributed by atoms with E-state index in [4.69, 9.17) is 0 Å². The third-order valence-corrected chi connectivity index (χ3v) is 2.52. The summed E-state index contributed by atoms with van der Waals surface area (Å²) in [5.74, 6) is 0.783. The summed E-state index contributed by atoms with van der Waals surface area (Å²) in [6.45, 7) is 10.7. The van der Waals surface area contributed by atoms with E-state index >= 15 is 0 Å². The molecule has 0 radical (unpaired) electrons. The quantitative estimate of drug-likeness (QED) is 0.717. The van der Waals surface area contributed by atoms with Crippen LogP contribution in [0.25, 0.3) is 0 Å². The third kappa shape index (κ3) is 2.28. The molecule has 0 atom stereocenters. The van der Waals surface area contributed by atoms with Crippen LogP contribution in [-0.2, 0) is 5.41 Å². The first kappa shape index (κ1) is 11.1. The number of hydrogen-bond donors (Lipinski definition) is 1. The molecule has 0 saturated carbocycles. The van der Waals surface area contributed by atoms with Gasteiger partial charge >= 0.3 is 0 Å². The second-order valence-electron chi connectivity index (χ2n) is 5.18. The Morgan fingerprint density at radius 1 is 1.14 bits per heavy atom. The van der Waals surface area contributed by atoms with Crippen LogP contribution in [0.5, 0.6) is 5.75 Å². The summed E-state index contributed by atoms with van der Waals surface area (Å²) in [4.78, 5) is 0. The first-order valence-corrected chi connectivity index (χ1v) is 5.16. The molecular weight excluding hydrogens is 172 g/mol. The van der Waals surface area contributed by atoms with Gasteiger partial charge in [-0.05, 0) is 28.5 Å². The molecule has 0 aromatic heterocycles. The molecular formula is C13H20O. The van der Waals surface area contributed by atoms with Crippen molar-refractivity contribution in [3.63, 3.8) is 0 Å². The molecule has 0 amide bonds. The van der Waals surface area contributed by atoms with E-state index in [-0.39, 0.29) is 5.41 Å². The lowest BCUT2D eigenvalue weighted by atomic mass is 9.84. The summed E-state index contributed by atoms with van der Waals surface area (Å²) in [6, 6.07) is 5.91. The van der Waals surface area contributed by atoms with E-state index in [0.29, 0.717) is 11.7 Å². The van der Waals surface area contributed by atoms with E-state index in [1.807, 2.05) is 6.07 Å². The molecule has 0 aliphatic rings. The number of phenols is 1. The highest BCUT2D eigenvalue weighted by Gasteiger charge is 2.16. The maximum atomic E-state index is 9.67. The second-order valence-corrected chi connectivity index (χ2v) is 5.18. The second kappa shape index (κ2) is 3.64. The van der Waals surface area contributed by atoms with Gasteiger partial charge in [-0.1, -0.05) is 46.8 Å². The average molecular weight is 192 g/mol. The topological polar surface area (TPSA) is 20.2 Å². The van der Waals surface area contributed by atoms with Crippen molar-refractivity contribution in [1.82, 2.24) is 0 Å². The van der Waals surface area contributed by atoms with Crippen molar-refractivity contribution in [2.75, 3.05) is 0 Å². The van der Waals surface area contributed by atoms with Gasteiger partial charge in [-0.2, -0.15) is 0 Å². The van der Waals surface area contributed by atoms with Gasteiger partial charge in [0, 0.05) is 0 Å². The summed E-state index contributed by atoms with van der Waals surface area (Å²) in [6.07, 6.45) is 0. The fraction of sp³-hybridized carbons (Fsp3) is 0.538. The van der Waals surface area contributed by atoms with E-state index in [9.17, 15) is 5.11 Å². The van der Waals surface area contributed by atoms with E-state index < -0.39 is 0 Å². The lowest BCUT2D eigenvalue weighted by Gasteiger charge is -2.21. The Morgan fingerprint density at radius 3 is 2.14 bits per heavy atom. The Hall–Kier alpha value is -0.980. The normalized spacial score (nSPS) is 12.1. The predicted octanol–water partition coefficient (Wildman–Crippen LogP) is 3.81. The van der Waals surface area contributed by atoms with Crippen LogP contribution in [0.4, 0.5) is 0 Å². The molecule has 0 spiro atoms. The molecule has 1 aromatic rings. The summed E-state index contributed by atoms with van der Waals surface area (Å²) < 4.78 is 0. The van der Waals surface area contributed by atoms with E-state index in [1.165, 1.54) is 5.56 Å². The van der Waals surface area contributed by atoms with Gasteiger partial charge in [0.05, 0.1) is 0 Å². The van der Waals surface area contributed by atoms with Crippen molar-refractivity contribution < 1.29 is 5.11 Å². The summed E-state index contributed by atoms with van der Waals surface area (Å²) in [5.41, 5.74) is 2.47. The van der Waals surface area contributed by atoms with Crippen molar-refractivity contribution >= 4 is 0 Å². The van der Waals surface area contributed by atoms with Crippen molar-refractivity contribution in [3.8, 4) is 5.75 Å². The van der Waals surface area contributed by atoms with Crippen LogP contribution in [0.2, 0.25) is 0 Å². The minimum Gasteiger partial charge on any atom is -0.508 e. The van der Waals surface area contributed by atoms with Crippen molar-refractivity contribution in [1.29, 1.82) is 0 Å². The molecule has 0 fully saturated rings. The molecule has 1 aromatic carbocycles. The molecule has 78 valence electrons. The minimum atomic E-state index is 0.150. The molecule has 0 saturated heterocycles. The fourth-order valence-electron chi connectivity index (χ4n) is 1.48. The highest BCUT2D eigenvalue weighted by atomic mass is 16.3. The Kier molecular flexibility index (Phi) is 2.89. The Bertz CT molecular complexity index is 318. The molecule has 1 rings (SSSR count). The highest BCUT2D eigenvalue weighted by molar-refractivity contribution is 5.40. The van der Waals surface area contributed by atoms with Gasteiger partial charge in [0.15, 0.2) is 0 Å². The third-order valence-electron chi connectivity index (χ3n) is 2.52. The maximum Gasteiger partial charge on any atom is 0.119 e. The van der Waals surface area contributed by atoms with Crippen LogP contribution in [0.15, 0.2) is 18.2 Å². The standard InChI is InChI=1S/C13H20O/c1-9(2)11-8-10(13(3,4)5)6-7-12(11)14/h6-9,14H,1-5H3. The summed E-state index contributed by atoms with van der Waals surface area (Å²) in [5, 5.41) is 9.67. The minimum absolute atomic E-state index is 0.150. The molecule has 0 bridgehead atoms. The maximum absolute atomic E-state index is 9.67. The van der Waals surface area contributed by atoms with Crippen molar-refractivity contribution in [2.24, 2.45) is 0 Å². The molecule has 1 nitrogen and oxygen atoms in total. The van der Waals surface area contributed by atoms with Crippen LogP contribution in [-0.4, -0.2) is 5.11 Å². The molecule has 0 unspecified atom stereocenters. The first-order chi connectivity index (χ1) is 6.32. The molecule has 0 heterocycles. The van der Waals surface area contributed by atoms with Gasteiger partial charge in [-0.3, -0.25) is 0 Å². The zero-order valence-corrected chi connectivity index (χ0v) is 9.76. The molecule has 0 aliphatic carbocycles. The Morgan fingerprint density at radius 2 is 1.71 bits per heavy atom. The smallest absolute Gasteiger partial charge is 0.119 e. The van der Waals surface area contributed by atoms with Crippen LogP contribution in [0.1, 0.15) is 51.7 Å². The monoisotopic (exact) mass is 192 g/mol. The van der Waals surface area contributed by atoms with Crippen molar-refractivity contribution in [3.05, 3.63) is 29.3 Å². The van der Waals surface area contributed by atoms with Gasteiger partial charge < -0.3 is 5.11 Å². The lowest BCUT2D eigenvalue weighted by molar-refractivity contribution is 0.463. The van der Waals surface area contributed by atoms with Crippen LogP contribution >= 0.6 is 0 Å². The first-order valence-electron chi connectivity index (χ1n) is 5.16. The predicted molar refractivity (Wildman–Crippen MR) is 60.9 cm³/mol. The summed E-state index contributed by atoms with van der Waals surface area (Å²) in [7, 11) is 0. The lowest BCUT2D eigenvalue weighted by Crippen LogP contribution is -2.11. The van der Waals surface area contributed by atoms with E-state index in [2.05, 4.69) is 40.7 Å². The fourth-order valence-corrected chi connectivity index (χ4v) is 1.48. The number of phenolic OH excluding ortho intramolecular Hbond substituents is 1. The average Bonchev–Trinajstić information content (AvgIpc) is 2.02. The van der Waals surface area contributed by atoms with E-state index in [1.54, 1.807) is 6.07 Å². The van der Waals surface area contributed by atoms with Gasteiger partial charge in [0.1, 0.15) is 5.75 Å². The number of aromatic hydroxyl groups is 1. The molecule has 14 heavy (non-hydrogen) atoms. The highest BCUT2D eigenvalue weighted by Crippen LogP contribution is 2.31. The zero-order valence-electron chi connectivity index (χ0n) is 9.76. The largest absolute Gasteiger partial charge is 0.508 e. The number of hydrogen-bond acceptors (Lipinski definition) is 1. The van der Waals surface area contributed by atoms with Crippen LogP contribution < -0.4 is 0 Å². The van der Waals surface area contributed by atoms with Crippen LogP contribution in [0, 0.1) is 0 Å². The van der Waals surface area contributed by atoms with Crippen LogP contribution in [0.3, 0.4) is 0 Å². The van der Waals surface area contributed by atoms with Gasteiger partial charge in [0.25, 0.3) is 0 Å². The SMILES string of the molecule is CC(C)c1cc(C(C)(C)C)ccc1O. The van der Waals surface area contributed by atoms with Gasteiger partial charge in [0.2, 0.25) is 0 Å². The Balaban J connectivity index is 3.20. The van der Waals surface area contributed by atoms with Gasteiger partial charge in [-0.15, -0.1) is 0 Å². The summed E-state index contributed by atoms with van der Waals surface area (Å²) >= 11 is 0. The van der Waals surface area contributed by atoms with Crippen molar-refractivity contribution in [2.45, 2.75) is 46.0 Å². The molecule has 1 heteroatoms. The molecule has 1 N–H and O–H groups in total. The number of rotatable bonds is 1. The molecule has 0 aliphatic heterocycles. The zero-order chi connectivity index (χ0) is 10.9. The Labute approximate surface area is 86.8 Å².